The second-order valence-corrected chi connectivity index (χ2v) is 6.58. The third-order valence-electron chi connectivity index (χ3n) is 4.54. The topological polar surface area (TPSA) is 53.3 Å². The standard InChI is InChI=1S/C21H22N2O2/c1-16-4-2-6-20(12-16)25-15-18-5-3-11-23(14-18)21(24)19-9-7-17(13-22)8-10-19/h2,4,6-10,12,18H,3,5,11,14-15H2,1H3/t18-/m0/s1. The van der Waals surface area contributed by atoms with Crippen LogP contribution in [0.3, 0.4) is 0 Å². The van der Waals surface area contributed by atoms with E-state index in [1.54, 1.807) is 24.3 Å². The normalized spacial score (nSPS) is 17.0. The SMILES string of the molecule is Cc1cccc(OC[C@H]2CCCN(C(=O)c3ccc(C#N)cc3)C2)c1. The molecule has 0 N–H and O–H groups in total. The Kier molecular flexibility index (Phi) is 5.35. The predicted molar refractivity (Wildman–Crippen MR) is 96.5 cm³/mol. The summed E-state index contributed by atoms with van der Waals surface area (Å²) in [7, 11) is 0. The first kappa shape index (κ1) is 17.0. The number of hydrogen-bond donors (Lipinski definition) is 0. The summed E-state index contributed by atoms with van der Waals surface area (Å²) in [6.07, 6.45) is 2.06. The number of piperidine rings is 1. The zero-order valence-corrected chi connectivity index (χ0v) is 14.4. The Bertz CT molecular complexity index is 777. The van der Waals surface area contributed by atoms with E-state index in [4.69, 9.17) is 10.00 Å². The van der Waals surface area contributed by atoms with Gasteiger partial charge in [0.15, 0.2) is 0 Å². The van der Waals surface area contributed by atoms with Gasteiger partial charge in [0.25, 0.3) is 5.91 Å². The Labute approximate surface area is 148 Å². The average molecular weight is 334 g/mol. The van der Waals surface area contributed by atoms with Gasteiger partial charge in [-0.25, -0.2) is 0 Å². The minimum Gasteiger partial charge on any atom is -0.493 e. The van der Waals surface area contributed by atoms with Gasteiger partial charge in [-0.15, -0.1) is 0 Å². The molecule has 1 aliphatic rings. The molecule has 4 heteroatoms. The molecule has 0 unspecified atom stereocenters. The molecule has 1 aliphatic heterocycles. The molecule has 0 saturated carbocycles. The van der Waals surface area contributed by atoms with Crippen LogP contribution in [0.2, 0.25) is 0 Å². The largest absolute Gasteiger partial charge is 0.493 e. The highest BCUT2D eigenvalue weighted by Crippen LogP contribution is 2.21. The third-order valence-corrected chi connectivity index (χ3v) is 4.54. The number of likely N-dealkylation sites (tertiary alicyclic amines) is 1. The van der Waals surface area contributed by atoms with Crippen LogP contribution in [0.4, 0.5) is 0 Å². The zero-order chi connectivity index (χ0) is 17.6. The van der Waals surface area contributed by atoms with Gasteiger partial charge in [-0.2, -0.15) is 5.26 Å². The highest BCUT2D eigenvalue weighted by Gasteiger charge is 2.25. The molecule has 1 heterocycles. The third kappa shape index (κ3) is 4.39. The molecule has 1 saturated heterocycles. The second kappa shape index (κ2) is 7.85. The summed E-state index contributed by atoms with van der Waals surface area (Å²) in [5, 5.41) is 8.86. The summed E-state index contributed by atoms with van der Waals surface area (Å²) >= 11 is 0. The molecule has 3 rings (SSSR count). The fraction of sp³-hybridized carbons (Fsp3) is 0.333. The second-order valence-electron chi connectivity index (χ2n) is 6.58. The Morgan fingerprint density at radius 2 is 2.08 bits per heavy atom. The van der Waals surface area contributed by atoms with Crippen LogP contribution in [0.5, 0.6) is 5.75 Å². The van der Waals surface area contributed by atoms with Crippen molar-refractivity contribution < 1.29 is 9.53 Å². The molecule has 2 aromatic carbocycles. The van der Waals surface area contributed by atoms with Crippen molar-refractivity contribution in [3.63, 3.8) is 0 Å². The van der Waals surface area contributed by atoms with Gasteiger partial charge in [0.2, 0.25) is 0 Å². The Balaban J connectivity index is 1.58. The molecule has 1 atom stereocenters. The first-order valence-corrected chi connectivity index (χ1v) is 8.64. The molecule has 0 aromatic heterocycles. The lowest BCUT2D eigenvalue weighted by molar-refractivity contribution is 0.0633. The van der Waals surface area contributed by atoms with Crippen LogP contribution in [0.1, 0.15) is 34.3 Å². The van der Waals surface area contributed by atoms with Crippen molar-refractivity contribution in [2.45, 2.75) is 19.8 Å². The van der Waals surface area contributed by atoms with E-state index in [9.17, 15) is 4.79 Å². The Morgan fingerprint density at radius 1 is 1.28 bits per heavy atom. The lowest BCUT2D eigenvalue weighted by Gasteiger charge is -2.32. The van der Waals surface area contributed by atoms with E-state index in [1.807, 2.05) is 36.1 Å². The van der Waals surface area contributed by atoms with Crippen molar-refractivity contribution in [3.8, 4) is 11.8 Å². The van der Waals surface area contributed by atoms with Crippen LogP contribution in [-0.4, -0.2) is 30.5 Å². The summed E-state index contributed by atoms with van der Waals surface area (Å²) in [5.74, 6) is 1.26. The molecule has 25 heavy (non-hydrogen) atoms. The van der Waals surface area contributed by atoms with Gasteiger partial charge in [-0.1, -0.05) is 12.1 Å². The molecule has 0 aliphatic carbocycles. The van der Waals surface area contributed by atoms with E-state index in [1.165, 1.54) is 5.56 Å². The van der Waals surface area contributed by atoms with Crippen molar-refractivity contribution in [3.05, 3.63) is 65.2 Å². The number of benzene rings is 2. The fourth-order valence-electron chi connectivity index (χ4n) is 3.17. The van der Waals surface area contributed by atoms with Crippen molar-refractivity contribution >= 4 is 5.91 Å². The number of carbonyl (C=O) groups excluding carboxylic acids is 1. The molecule has 0 bridgehead atoms. The van der Waals surface area contributed by atoms with Crippen LogP contribution in [0.25, 0.3) is 0 Å². The maximum absolute atomic E-state index is 12.7. The van der Waals surface area contributed by atoms with Gasteiger partial charge in [0.1, 0.15) is 5.75 Å². The summed E-state index contributed by atoms with van der Waals surface area (Å²) in [6, 6.07) is 17.0. The number of amides is 1. The van der Waals surface area contributed by atoms with E-state index in [-0.39, 0.29) is 5.91 Å². The summed E-state index contributed by atoms with van der Waals surface area (Å²) in [6.45, 7) is 4.16. The van der Waals surface area contributed by atoms with Crippen LogP contribution in [-0.2, 0) is 0 Å². The predicted octanol–water partition coefficient (Wildman–Crippen LogP) is 3.80. The van der Waals surface area contributed by atoms with Crippen molar-refractivity contribution in [2.24, 2.45) is 5.92 Å². The lowest BCUT2D eigenvalue weighted by Crippen LogP contribution is -2.41. The highest BCUT2D eigenvalue weighted by molar-refractivity contribution is 5.94. The number of ether oxygens (including phenoxy) is 1. The smallest absolute Gasteiger partial charge is 0.253 e. The van der Waals surface area contributed by atoms with Gasteiger partial charge >= 0.3 is 0 Å². The lowest BCUT2D eigenvalue weighted by atomic mass is 9.98. The molecule has 4 nitrogen and oxygen atoms in total. The van der Waals surface area contributed by atoms with Crippen molar-refractivity contribution in [1.82, 2.24) is 4.90 Å². The number of rotatable bonds is 4. The van der Waals surface area contributed by atoms with E-state index in [0.29, 0.717) is 30.2 Å². The van der Waals surface area contributed by atoms with Crippen LogP contribution < -0.4 is 4.74 Å². The van der Waals surface area contributed by atoms with Gasteiger partial charge in [-0.3, -0.25) is 4.79 Å². The Morgan fingerprint density at radius 3 is 2.80 bits per heavy atom. The van der Waals surface area contributed by atoms with Gasteiger partial charge in [0, 0.05) is 24.6 Å². The molecule has 0 spiro atoms. The number of hydrogen-bond acceptors (Lipinski definition) is 3. The highest BCUT2D eigenvalue weighted by atomic mass is 16.5. The van der Waals surface area contributed by atoms with E-state index in [2.05, 4.69) is 6.07 Å². The number of carbonyl (C=O) groups is 1. The molecular weight excluding hydrogens is 312 g/mol. The summed E-state index contributed by atoms with van der Waals surface area (Å²) in [4.78, 5) is 14.6. The van der Waals surface area contributed by atoms with Gasteiger partial charge in [0.05, 0.1) is 18.2 Å². The molecule has 1 fully saturated rings. The average Bonchev–Trinajstić information content (AvgIpc) is 2.66. The zero-order valence-electron chi connectivity index (χ0n) is 14.4. The van der Waals surface area contributed by atoms with E-state index in [0.717, 1.165) is 25.1 Å². The van der Waals surface area contributed by atoms with E-state index >= 15 is 0 Å². The van der Waals surface area contributed by atoms with Gasteiger partial charge < -0.3 is 9.64 Å². The molecule has 2 aromatic rings. The molecule has 0 radical (unpaired) electrons. The maximum Gasteiger partial charge on any atom is 0.253 e. The van der Waals surface area contributed by atoms with Crippen molar-refractivity contribution in [2.75, 3.05) is 19.7 Å². The van der Waals surface area contributed by atoms with Crippen LogP contribution >= 0.6 is 0 Å². The minimum absolute atomic E-state index is 0.0322. The molecular formula is C21H22N2O2. The van der Waals surface area contributed by atoms with E-state index < -0.39 is 0 Å². The van der Waals surface area contributed by atoms with Crippen molar-refractivity contribution in [1.29, 1.82) is 5.26 Å². The quantitative estimate of drug-likeness (QED) is 0.854. The molecule has 128 valence electrons. The molecule has 1 amide bonds. The summed E-state index contributed by atoms with van der Waals surface area (Å²) < 4.78 is 5.92. The number of nitriles is 1. The number of aryl methyl sites for hydroxylation is 1. The first-order chi connectivity index (χ1) is 12.2. The number of nitrogens with zero attached hydrogens (tertiary/aromatic N) is 2. The van der Waals surface area contributed by atoms with Crippen LogP contribution in [0, 0.1) is 24.2 Å². The Hall–Kier alpha value is -2.80. The fourth-order valence-corrected chi connectivity index (χ4v) is 3.17. The monoisotopic (exact) mass is 334 g/mol. The van der Waals surface area contributed by atoms with Crippen LogP contribution in [0.15, 0.2) is 48.5 Å². The minimum atomic E-state index is 0.0322. The maximum atomic E-state index is 12.7. The summed E-state index contributed by atoms with van der Waals surface area (Å²) in [5.41, 5.74) is 2.39. The first-order valence-electron chi connectivity index (χ1n) is 8.64. The van der Waals surface area contributed by atoms with Gasteiger partial charge in [-0.05, 0) is 61.7 Å².